The fourth-order valence-electron chi connectivity index (χ4n) is 4.82. The lowest BCUT2D eigenvalue weighted by Crippen LogP contribution is -2.29. The predicted octanol–water partition coefficient (Wildman–Crippen LogP) is 4.59. The Morgan fingerprint density at radius 3 is 2.62 bits per heavy atom. The lowest BCUT2D eigenvalue weighted by Gasteiger charge is -2.27. The molecule has 1 amide bonds. The molecule has 1 aliphatic carbocycles. The Kier molecular flexibility index (Phi) is 6.42. The van der Waals surface area contributed by atoms with E-state index in [0.717, 1.165) is 31.4 Å². The minimum Gasteiger partial charge on any atom is -0.362 e. The van der Waals surface area contributed by atoms with Gasteiger partial charge in [0.05, 0.1) is 17.8 Å². The standard InChI is InChI=1S/C24H34N4O4/c1-14(2)18-12-9-13-19(31-18)22-15(3)20(26-32-22)23(29)25-21-16(4)27(5)28(24(21)30)17-10-7-6-8-11-17/h9,12,14,17-19H,6-8,10-11,13H2,1-5H3,(H,25,29)/t18?,19-/m1/s1. The Labute approximate surface area is 188 Å². The molecule has 4 rings (SSSR count). The van der Waals surface area contributed by atoms with E-state index in [4.69, 9.17) is 9.26 Å². The lowest BCUT2D eigenvalue weighted by molar-refractivity contribution is -0.0305. The van der Waals surface area contributed by atoms with Gasteiger partial charge in [0.2, 0.25) is 0 Å². The normalized spacial score (nSPS) is 21.9. The third-order valence-corrected chi connectivity index (χ3v) is 6.87. The van der Waals surface area contributed by atoms with Gasteiger partial charge in [-0.25, -0.2) is 4.68 Å². The van der Waals surface area contributed by atoms with Gasteiger partial charge in [0.1, 0.15) is 11.8 Å². The van der Waals surface area contributed by atoms with Gasteiger partial charge in [0.15, 0.2) is 11.5 Å². The summed E-state index contributed by atoms with van der Waals surface area (Å²) in [6.45, 7) is 7.87. The first kappa shape index (κ1) is 22.6. The van der Waals surface area contributed by atoms with Gasteiger partial charge >= 0.3 is 0 Å². The molecule has 8 heteroatoms. The van der Waals surface area contributed by atoms with Gasteiger partial charge in [-0.2, -0.15) is 0 Å². The van der Waals surface area contributed by atoms with Crippen LogP contribution in [0.4, 0.5) is 5.69 Å². The maximum atomic E-state index is 13.2. The van der Waals surface area contributed by atoms with Crippen molar-refractivity contribution in [1.29, 1.82) is 0 Å². The molecule has 2 aromatic rings. The van der Waals surface area contributed by atoms with Gasteiger partial charge < -0.3 is 14.6 Å². The summed E-state index contributed by atoms with van der Waals surface area (Å²) in [4.78, 5) is 26.2. The summed E-state index contributed by atoms with van der Waals surface area (Å²) in [7, 11) is 1.87. The number of carbonyl (C=O) groups is 1. The van der Waals surface area contributed by atoms with Crippen LogP contribution in [0.2, 0.25) is 0 Å². The minimum absolute atomic E-state index is 0.000694. The minimum atomic E-state index is -0.439. The molecule has 1 fully saturated rings. The Morgan fingerprint density at radius 2 is 1.94 bits per heavy atom. The van der Waals surface area contributed by atoms with E-state index in [2.05, 4.69) is 36.5 Å². The molecule has 1 unspecified atom stereocenters. The number of anilines is 1. The van der Waals surface area contributed by atoms with Gasteiger partial charge in [-0.3, -0.25) is 14.3 Å². The third kappa shape index (κ3) is 4.08. The summed E-state index contributed by atoms with van der Waals surface area (Å²) in [5.41, 5.74) is 1.71. The van der Waals surface area contributed by atoms with Crippen molar-refractivity contribution in [2.24, 2.45) is 13.0 Å². The number of rotatable bonds is 5. The van der Waals surface area contributed by atoms with E-state index in [1.165, 1.54) is 6.42 Å². The topological polar surface area (TPSA) is 91.3 Å². The molecule has 1 aliphatic heterocycles. The molecule has 0 aromatic carbocycles. The van der Waals surface area contributed by atoms with Crippen LogP contribution in [0, 0.1) is 19.8 Å². The zero-order valence-corrected chi connectivity index (χ0v) is 19.7. The van der Waals surface area contributed by atoms with Crippen LogP contribution in [0.15, 0.2) is 21.5 Å². The quantitative estimate of drug-likeness (QED) is 0.684. The highest BCUT2D eigenvalue weighted by molar-refractivity contribution is 6.04. The highest BCUT2D eigenvalue weighted by Gasteiger charge is 2.30. The number of hydrogen-bond donors (Lipinski definition) is 1. The van der Waals surface area contributed by atoms with Crippen LogP contribution in [0.5, 0.6) is 0 Å². The molecule has 2 aliphatic rings. The molecule has 2 atom stereocenters. The predicted molar refractivity (Wildman–Crippen MR) is 122 cm³/mol. The molecule has 2 aromatic heterocycles. The molecular weight excluding hydrogens is 408 g/mol. The van der Waals surface area contributed by atoms with E-state index >= 15 is 0 Å². The van der Waals surface area contributed by atoms with Crippen molar-refractivity contribution in [2.75, 3.05) is 5.32 Å². The van der Waals surface area contributed by atoms with Crippen molar-refractivity contribution in [3.8, 4) is 0 Å². The molecule has 0 spiro atoms. The van der Waals surface area contributed by atoms with E-state index < -0.39 is 5.91 Å². The van der Waals surface area contributed by atoms with E-state index in [9.17, 15) is 9.59 Å². The summed E-state index contributed by atoms with van der Waals surface area (Å²) < 4.78 is 15.3. The molecule has 0 bridgehead atoms. The smallest absolute Gasteiger partial charge is 0.291 e. The van der Waals surface area contributed by atoms with Gasteiger partial charge in [-0.15, -0.1) is 0 Å². The average Bonchev–Trinajstić information content (AvgIpc) is 3.27. The first-order valence-corrected chi connectivity index (χ1v) is 11.7. The van der Waals surface area contributed by atoms with Crippen LogP contribution in [-0.2, 0) is 11.8 Å². The number of ether oxygens (including phenoxy) is 1. The first-order valence-electron chi connectivity index (χ1n) is 11.7. The molecule has 32 heavy (non-hydrogen) atoms. The highest BCUT2D eigenvalue weighted by atomic mass is 16.5. The summed E-state index contributed by atoms with van der Waals surface area (Å²) in [5, 5.41) is 6.84. The number of aromatic nitrogens is 3. The molecule has 0 radical (unpaired) electrons. The number of carbonyl (C=O) groups excluding carboxylic acids is 1. The van der Waals surface area contributed by atoms with Gasteiger partial charge in [-0.1, -0.05) is 50.4 Å². The second kappa shape index (κ2) is 9.10. The fraction of sp³-hybridized carbons (Fsp3) is 0.625. The molecule has 3 heterocycles. The van der Waals surface area contributed by atoms with Crippen molar-refractivity contribution in [2.45, 2.75) is 84.5 Å². The molecule has 1 N–H and O–H groups in total. The van der Waals surface area contributed by atoms with Gasteiger partial charge in [-0.05, 0) is 39.0 Å². The Hall–Kier alpha value is -2.61. The van der Waals surface area contributed by atoms with Crippen LogP contribution >= 0.6 is 0 Å². The first-order chi connectivity index (χ1) is 15.3. The molecule has 1 saturated carbocycles. The maximum Gasteiger partial charge on any atom is 0.291 e. The van der Waals surface area contributed by atoms with Crippen molar-refractivity contribution >= 4 is 11.6 Å². The van der Waals surface area contributed by atoms with Crippen LogP contribution in [0.1, 0.15) is 92.0 Å². The Morgan fingerprint density at radius 1 is 1.22 bits per heavy atom. The van der Waals surface area contributed by atoms with E-state index in [1.54, 1.807) is 4.68 Å². The molecule has 174 valence electrons. The molecule has 0 saturated heterocycles. The van der Waals surface area contributed by atoms with Crippen molar-refractivity contribution in [1.82, 2.24) is 14.5 Å². The van der Waals surface area contributed by atoms with Gasteiger partial charge in [0.25, 0.3) is 11.5 Å². The van der Waals surface area contributed by atoms with Crippen molar-refractivity contribution in [3.63, 3.8) is 0 Å². The SMILES string of the molecule is Cc1c(C(=O)Nc2c(C)n(C)n(C3CCCCC3)c2=O)noc1[C@H]1CC=CC(C(C)C)O1. The summed E-state index contributed by atoms with van der Waals surface area (Å²) in [5.74, 6) is 0.466. The summed E-state index contributed by atoms with van der Waals surface area (Å²) >= 11 is 0. The van der Waals surface area contributed by atoms with Crippen molar-refractivity contribution < 1.29 is 14.1 Å². The van der Waals surface area contributed by atoms with Crippen molar-refractivity contribution in [3.05, 3.63) is 45.2 Å². The van der Waals surface area contributed by atoms with E-state index in [1.807, 2.05) is 25.6 Å². The zero-order valence-electron chi connectivity index (χ0n) is 19.7. The van der Waals surface area contributed by atoms with Crippen LogP contribution in [0.25, 0.3) is 0 Å². The van der Waals surface area contributed by atoms with Crippen LogP contribution in [0.3, 0.4) is 0 Å². The van der Waals surface area contributed by atoms with Crippen LogP contribution in [-0.4, -0.2) is 26.5 Å². The second-order valence-corrected chi connectivity index (χ2v) is 9.40. The lowest BCUT2D eigenvalue weighted by atomic mass is 9.96. The highest BCUT2D eigenvalue weighted by Crippen LogP contribution is 2.33. The number of nitrogens with one attached hydrogen (secondary N) is 1. The zero-order chi connectivity index (χ0) is 23.0. The van der Waals surface area contributed by atoms with Gasteiger partial charge in [0, 0.05) is 12.6 Å². The average molecular weight is 443 g/mol. The second-order valence-electron chi connectivity index (χ2n) is 9.40. The summed E-state index contributed by atoms with van der Waals surface area (Å²) in [6, 6.07) is 0.177. The number of hydrogen-bond acceptors (Lipinski definition) is 5. The molecular formula is C24H34N4O4. The number of nitrogens with zero attached hydrogens (tertiary/aromatic N) is 3. The van der Waals surface area contributed by atoms with Crippen LogP contribution < -0.4 is 10.9 Å². The Balaban J connectivity index is 1.56. The summed E-state index contributed by atoms with van der Waals surface area (Å²) in [6.07, 6.45) is 9.99. The van der Waals surface area contributed by atoms with E-state index in [-0.39, 0.29) is 29.5 Å². The largest absolute Gasteiger partial charge is 0.362 e. The monoisotopic (exact) mass is 442 g/mol. The Bertz CT molecular complexity index is 1070. The van der Waals surface area contributed by atoms with E-state index in [0.29, 0.717) is 29.3 Å². The maximum absolute atomic E-state index is 13.2. The fourth-order valence-corrected chi connectivity index (χ4v) is 4.82. The third-order valence-electron chi connectivity index (χ3n) is 6.87. The number of amides is 1. The molecule has 8 nitrogen and oxygen atoms in total.